The van der Waals surface area contributed by atoms with Crippen LogP contribution in [0, 0.1) is 0 Å². The molecule has 0 aliphatic rings. The molecule has 5 nitrogen and oxygen atoms in total. The molecule has 0 atom stereocenters. The van der Waals surface area contributed by atoms with Crippen molar-refractivity contribution in [2.24, 2.45) is 0 Å². The average molecular weight is 157 g/mol. The molecule has 0 bridgehead atoms. The Labute approximate surface area is 62.3 Å². The second kappa shape index (κ2) is 2.65. The van der Waals surface area contributed by atoms with Gasteiger partial charge in [-0.05, 0) is 0 Å². The fourth-order valence-corrected chi connectivity index (χ4v) is 0.695. The molecule has 0 unspecified atom stereocenters. The Balaban J connectivity index is 3.08. The van der Waals surface area contributed by atoms with Crippen LogP contribution in [0.2, 0.25) is 0 Å². The molecule has 0 amide bonds. The van der Waals surface area contributed by atoms with Gasteiger partial charge in [0.1, 0.15) is 17.2 Å². The van der Waals surface area contributed by atoms with Crippen molar-refractivity contribution in [2.45, 2.75) is 0 Å². The number of hydrogen-bond donors (Lipinski definition) is 4. The zero-order valence-electron chi connectivity index (χ0n) is 5.47. The van der Waals surface area contributed by atoms with E-state index in [4.69, 9.17) is 20.6 Å². The van der Waals surface area contributed by atoms with Crippen molar-refractivity contribution in [2.75, 3.05) is 5.23 Å². The lowest BCUT2D eigenvalue weighted by Crippen LogP contribution is -2.10. The second-order valence-electron chi connectivity index (χ2n) is 2.00. The molecule has 0 spiro atoms. The highest BCUT2D eigenvalue weighted by atomic mass is 16.8. The molecular weight excluding hydrogens is 150 g/mol. The molecule has 0 heterocycles. The van der Waals surface area contributed by atoms with Crippen LogP contribution >= 0.6 is 0 Å². The number of benzene rings is 1. The maximum atomic E-state index is 8.83. The Morgan fingerprint density at radius 2 is 1.36 bits per heavy atom. The van der Waals surface area contributed by atoms with Gasteiger partial charge in [0.25, 0.3) is 0 Å². The van der Waals surface area contributed by atoms with Gasteiger partial charge in [-0.2, -0.15) is 0 Å². The van der Waals surface area contributed by atoms with Gasteiger partial charge in [-0.25, -0.2) is 0 Å². The summed E-state index contributed by atoms with van der Waals surface area (Å²) >= 11 is 0. The van der Waals surface area contributed by atoms with Crippen LogP contribution in [-0.2, 0) is 0 Å². The Kier molecular flexibility index (Phi) is 1.84. The van der Waals surface area contributed by atoms with E-state index in [1.807, 2.05) is 0 Å². The first kappa shape index (κ1) is 7.64. The topological polar surface area (TPSA) is 84.2 Å². The number of hydrogen-bond acceptors (Lipinski definition) is 5. The molecule has 4 N–H and O–H groups in total. The minimum absolute atomic E-state index is 0.109. The number of nitrogens with zero attached hydrogens (tertiary/aromatic N) is 1. The summed E-state index contributed by atoms with van der Waals surface area (Å²) in [5, 5.41) is 34.4. The highest BCUT2D eigenvalue weighted by Gasteiger charge is 2.02. The molecule has 1 aromatic carbocycles. The lowest BCUT2D eigenvalue weighted by Gasteiger charge is -2.07. The van der Waals surface area contributed by atoms with Crippen LogP contribution in [0.1, 0.15) is 0 Å². The molecule has 0 fully saturated rings. The van der Waals surface area contributed by atoms with Crippen molar-refractivity contribution >= 4 is 5.69 Å². The van der Waals surface area contributed by atoms with E-state index >= 15 is 0 Å². The Morgan fingerprint density at radius 3 is 1.73 bits per heavy atom. The van der Waals surface area contributed by atoms with E-state index in [-0.39, 0.29) is 22.4 Å². The van der Waals surface area contributed by atoms with E-state index in [1.165, 1.54) is 0 Å². The number of rotatable bonds is 1. The molecule has 0 aliphatic heterocycles. The molecule has 5 heteroatoms. The van der Waals surface area contributed by atoms with Crippen molar-refractivity contribution in [1.29, 1.82) is 0 Å². The Morgan fingerprint density at radius 1 is 0.909 bits per heavy atom. The monoisotopic (exact) mass is 157 g/mol. The third-order valence-electron chi connectivity index (χ3n) is 1.12. The van der Waals surface area contributed by atoms with Gasteiger partial charge in [0.2, 0.25) is 0 Å². The van der Waals surface area contributed by atoms with Gasteiger partial charge in [-0.3, -0.25) is 10.4 Å². The van der Waals surface area contributed by atoms with Gasteiger partial charge in [-0.1, -0.05) is 0 Å². The number of anilines is 1. The minimum Gasteiger partial charge on any atom is -0.508 e. The Bertz CT molecular complexity index is 241. The van der Waals surface area contributed by atoms with Gasteiger partial charge in [0.15, 0.2) is 0 Å². The van der Waals surface area contributed by atoms with E-state index in [0.29, 0.717) is 0 Å². The van der Waals surface area contributed by atoms with E-state index in [2.05, 4.69) is 0 Å². The summed E-state index contributed by atoms with van der Waals surface area (Å²) in [4.78, 5) is 0. The summed E-state index contributed by atoms with van der Waals surface area (Å²) in [6.07, 6.45) is 0. The summed E-state index contributed by atoms with van der Waals surface area (Å²) in [5.41, 5.74) is -0.109. The van der Waals surface area contributed by atoms with Gasteiger partial charge in [0.05, 0.1) is 0 Å². The highest BCUT2D eigenvalue weighted by Crippen LogP contribution is 2.24. The van der Waals surface area contributed by atoms with Gasteiger partial charge in [-0.15, -0.1) is 5.23 Å². The first-order valence-corrected chi connectivity index (χ1v) is 2.80. The molecule has 1 aromatic rings. The zero-order valence-corrected chi connectivity index (χ0v) is 5.47. The molecule has 60 valence electrons. The lowest BCUT2D eigenvalue weighted by atomic mass is 10.3. The van der Waals surface area contributed by atoms with Crippen molar-refractivity contribution < 1.29 is 20.6 Å². The van der Waals surface area contributed by atoms with Gasteiger partial charge < -0.3 is 10.2 Å². The van der Waals surface area contributed by atoms with Crippen LogP contribution < -0.4 is 5.23 Å². The van der Waals surface area contributed by atoms with Crippen molar-refractivity contribution in [3.8, 4) is 11.5 Å². The van der Waals surface area contributed by atoms with E-state index in [1.54, 1.807) is 0 Å². The van der Waals surface area contributed by atoms with Crippen LogP contribution in [0.3, 0.4) is 0 Å². The second-order valence-corrected chi connectivity index (χ2v) is 2.00. The molecule has 11 heavy (non-hydrogen) atoms. The summed E-state index contributed by atoms with van der Waals surface area (Å²) in [5.74, 6) is -0.485. The molecule has 0 aliphatic carbocycles. The normalized spacial score (nSPS) is 9.64. The fourth-order valence-electron chi connectivity index (χ4n) is 0.695. The first-order valence-electron chi connectivity index (χ1n) is 2.80. The van der Waals surface area contributed by atoms with Crippen LogP contribution in [0.15, 0.2) is 18.2 Å². The van der Waals surface area contributed by atoms with Gasteiger partial charge in [0, 0.05) is 18.2 Å². The number of phenolic OH excluding ortho intramolecular Hbond substituents is 2. The molecule has 0 saturated carbocycles. The number of phenols is 2. The summed E-state index contributed by atoms with van der Waals surface area (Å²) in [7, 11) is 0. The summed E-state index contributed by atoms with van der Waals surface area (Å²) < 4.78 is 0. The quantitative estimate of drug-likeness (QED) is 0.450. The minimum atomic E-state index is -0.242. The molecule has 1 rings (SSSR count). The standard InChI is InChI=1S/C6H7NO4/c8-5-1-4(7(10)11)2-6(9)3-5/h1-3,8-11H. The van der Waals surface area contributed by atoms with Crippen LogP contribution in [-0.4, -0.2) is 20.6 Å². The maximum Gasteiger partial charge on any atom is 0.121 e. The van der Waals surface area contributed by atoms with Crippen molar-refractivity contribution in [3.05, 3.63) is 18.2 Å². The smallest absolute Gasteiger partial charge is 0.121 e. The third-order valence-corrected chi connectivity index (χ3v) is 1.12. The maximum absolute atomic E-state index is 8.83. The van der Waals surface area contributed by atoms with Crippen LogP contribution in [0.4, 0.5) is 5.69 Å². The fraction of sp³-hybridized carbons (Fsp3) is 0. The van der Waals surface area contributed by atoms with Crippen LogP contribution in [0.25, 0.3) is 0 Å². The predicted octanol–water partition coefficient (Wildman–Crippen LogP) is 0.683. The number of aromatic hydroxyl groups is 2. The molecule has 0 radical (unpaired) electrons. The van der Waals surface area contributed by atoms with E-state index in [9.17, 15) is 0 Å². The summed E-state index contributed by atoms with van der Waals surface area (Å²) in [6, 6.07) is 3.24. The lowest BCUT2D eigenvalue weighted by molar-refractivity contribution is 0.0289. The van der Waals surface area contributed by atoms with E-state index in [0.717, 1.165) is 18.2 Å². The molecule has 0 saturated heterocycles. The molecule has 0 aromatic heterocycles. The largest absolute Gasteiger partial charge is 0.508 e. The zero-order chi connectivity index (χ0) is 8.43. The van der Waals surface area contributed by atoms with E-state index < -0.39 is 0 Å². The predicted molar refractivity (Wildman–Crippen MR) is 35.8 cm³/mol. The highest BCUT2D eigenvalue weighted by molar-refractivity contribution is 5.51. The Hall–Kier alpha value is -1.46. The van der Waals surface area contributed by atoms with Crippen LogP contribution in [0.5, 0.6) is 11.5 Å². The van der Waals surface area contributed by atoms with Crippen molar-refractivity contribution in [1.82, 2.24) is 0 Å². The third kappa shape index (κ3) is 1.73. The average Bonchev–Trinajstić information content (AvgIpc) is 1.85. The first-order chi connectivity index (χ1) is 5.09. The molecular formula is C6H7NO4. The van der Waals surface area contributed by atoms with Crippen molar-refractivity contribution in [3.63, 3.8) is 0 Å². The summed E-state index contributed by atoms with van der Waals surface area (Å²) in [6.45, 7) is 0. The van der Waals surface area contributed by atoms with Gasteiger partial charge >= 0.3 is 0 Å². The SMILES string of the molecule is Oc1cc(O)cc(N(O)O)c1.